The number of aryl methyl sites for hydroxylation is 1. The molecule has 0 spiro atoms. The topological polar surface area (TPSA) is 42.0 Å². The number of amides is 1. The second kappa shape index (κ2) is 7.69. The van der Waals surface area contributed by atoms with Crippen LogP contribution in [0.1, 0.15) is 32.6 Å². The van der Waals surface area contributed by atoms with Crippen LogP contribution in [-0.4, -0.2) is 10.9 Å². The van der Waals surface area contributed by atoms with Crippen molar-refractivity contribution in [2.45, 2.75) is 34.1 Å². The van der Waals surface area contributed by atoms with Crippen LogP contribution >= 0.6 is 11.3 Å². The molecule has 0 bridgehead atoms. The molecular weight excluding hydrogens is 256 g/mol. The number of carbonyl (C=O) groups is 1. The third-order valence-electron chi connectivity index (χ3n) is 2.32. The lowest BCUT2D eigenvalue weighted by Crippen LogP contribution is -2.07. The van der Waals surface area contributed by atoms with Crippen molar-refractivity contribution in [1.29, 1.82) is 0 Å². The zero-order chi connectivity index (χ0) is 14.3. The highest BCUT2D eigenvalue weighted by molar-refractivity contribution is 7.15. The zero-order valence-electron chi connectivity index (χ0n) is 11.9. The summed E-state index contributed by atoms with van der Waals surface area (Å²) in [5.41, 5.74) is 0.904. The van der Waals surface area contributed by atoms with Gasteiger partial charge in [0.2, 0.25) is 5.91 Å². The van der Waals surface area contributed by atoms with Gasteiger partial charge >= 0.3 is 0 Å². The Kier molecular flexibility index (Phi) is 6.22. The Hall–Kier alpha value is -1.68. The number of hydrogen-bond donors (Lipinski definition) is 1. The summed E-state index contributed by atoms with van der Waals surface area (Å²) in [6, 6.07) is 9.84. The first-order valence-electron chi connectivity index (χ1n) is 6.52. The molecule has 0 aromatic carbocycles. The molecule has 0 saturated heterocycles. The molecule has 0 fully saturated rings. The second-order valence-electron chi connectivity index (χ2n) is 3.71. The van der Waals surface area contributed by atoms with Crippen molar-refractivity contribution >= 4 is 23.1 Å². The SMILES string of the molecule is CC.CCc1ccc(-c2cccc(NC(C)=O)n2)s1. The molecule has 0 saturated carbocycles. The van der Waals surface area contributed by atoms with Crippen LogP contribution in [0.25, 0.3) is 10.6 Å². The van der Waals surface area contributed by atoms with Crippen LogP contribution in [0.2, 0.25) is 0 Å². The van der Waals surface area contributed by atoms with E-state index in [1.807, 2.05) is 26.0 Å². The van der Waals surface area contributed by atoms with Crippen molar-refractivity contribution in [2.24, 2.45) is 0 Å². The summed E-state index contributed by atoms with van der Waals surface area (Å²) < 4.78 is 0. The molecule has 3 nitrogen and oxygen atoms in total. The van der Waals surface area contributed by atoms with E-state index in [2.05, 4.69) is 29.4 Å². The first-order valence-corrected chi connectivity index (χ1v) is 7.34. The normalized spacial score (nSPS) is 9.47. The molecular formula is C15H20N2OS. The van der Waals surface area contributed by atoms with Gasteiger partial charge in [0.15, 0.2) is 0 Å². The maximum atomic E-state index is 11.0. The van der Waals surface area contributed by atoms with Crippen molar-refractivity contribution in [1.82, 2.24) is 4.98 Å². The van der Waals surface area contributed by atoms with E-state index in [1.165, 1.54) is 11.8 Å². The summed E-state index contributed by atoms with van der Waals surface area (Å²) in [4.78, 5) is 17.8. The van der Waals surface area contributed by atoms with E-state index in [4.69, 9.17) is 0 Å². The number of nitrogens with zero attached hydrogens (tertiary/aromatic N) is 1. The van der Waals surface area contributed by atoms with E-state index < -0.39 is 0 Å². The summed E-state index contributed by atoms with van der Waals surface area (Å²) in [6.07, 6.45) is 1.04. The Morgan fingerprint density at radius 3 is 2.58 bits per heavy atom. The number of nitrogens with one attached hydrogen (secondary N) is 1. The highest BCUT2D eigenvalue weighted by Crippen LogP contribution is 2.27. The number of anilines is 1. The lowest BCUT2D eigenvalue weighted by atomic mass is 10.3. The Labute approximate surface area is 118 Å². The van der Waals surface area contributed by atoms with E-state index in [1.54, 1.807) is 17.4 Å². The molecule has 2 aromatic heterocycles. The van der Waals surface area contributed by atoms with Gasteiger partial charge in [-0.15, -0.1) is 11.3 Å². The van der Waals surface area contributed by atoms with Gasteiger partial charge in [0, 0.05) is 11.8 Å². The smallest absolute Gasteiger partial charge is 0.222 e. The first kappa shape index (κ1) is 15.4. The summed E-state index contributed by atoms with van der Waals surface area (Å²) in [5, 5.41) is 2.69. The number of hydrogen-bond acceptors (Lipinski definition) is 3. The average molecular weight is 276 g/mol. The van der Waals surface area contributed by atoms with Crippen molar-refractivity contribution in [3.8, 4) is 10.6 Å². The maximum absolute atomic E-state index is 11.0. The molecule has 1 N–H and O–H groups in total. The largest absolute Gasteiger partial charge is 0.311 e. The Balaban J connectivity index is 0.000000861. The fourth-order valence-electron chi connectivity index (χ4n) is 1.53. The molecule has 0 unspecified atom stereocenters. The molecule has 0 aliphatic heterocycles. The zero-order valence-corrected chi connectivity index (χ0v) is 12.7. The maximum Gasteiger partial charge on any atom is 0.222 e. The molecule has 4 heteroatoms. The molecule has 102 valence electrons. The number of aromatic nitrogens is 1. The third kappa shape index (κ3) is 4.48. The quantitative estimate of drug-likeness (QED) is 0.905. The molecule has 2 rings (SSSR count). The van der Waals surface area contributed by atoms with Crippen molar-refractivity contribution in [3.63, 3.8) is 0 Å². The Bertz CT molecular complexity index is 534. The van der Waals surface area contributed by atoms with Crippen LogP contribution in [0.3, 0.4) is 0 Å². The molecule has 0 atom stereocenters. The second-order valence-corrected chi connectivity index (χ2v) is 4.88. The van der Waals surface area contributed by atoms with Gasteiger partial charge < -0.3 is 5.32 Å². The van der Waals surface area contributed by atoms with Gasteiger partial charge in [0.1, 0.15) is 5.82 Å². The fraction of sp³-hybridized carbons (Fsp3) is 0.333. The number of pyridine rings is 1. The number of rotatable bonds is 3. The van der Waals surface area contributed by atoms with E-state index in [-0.39, 0.29) is 5.91 Å². The van der Waals surface area contributed by atoms with Crippen LogP contribution in [0.4, 0.5) is 5.82 Å². The van der Waals surface area contributed by atoms with Crippen molar-refractivity contribution in [2.75, 3.05) is 5.32 Å². The standard InChI is InChI=1S/C13H14N2OS.C2H6/c1-3-10-7-8-12(17-10)11-5-4-6-13(15-11)14-9(2)16;1-2/h4-8H,3H2,1-2H3,(H,14,15,16);1-2H3. The van der Waals surface area contributed by atoms with E-state index >= 15 is 0 Å². The van der Waals surface area contributed by atoms with Crippen LogP contribution in [-0.2, 0) is 11.2 Å². The minimum atomic E-state index is -0.102. The van der Waals surface area contributed by atoms with Gasteiger partial charge in [-0.2, -0.15) is 0 Å². The first-order chi connectivity index (χ1) is 9.19. The Morgan fingerprint density at radius 2 is 2.00 bits per heavy atom. The molecule has 1 amide bonds. The van der Waals surface area contributed by atoms with Crippen molar-refractivity contribution < 1.29 is 4.79 Å². The van der Waals surface area contributed by atoms with E-state index in [0.29, 0.717) is 5.82 Å². The van der Waals surface area contributed by atoms with Gasteiger partial charge in [-0.1, -0.05) is 26.8 Å². The van der Waals surface area contributed by atoms with Crippen LogP contribution in [0.15, 0.2) is 30.3 Å². The summed E-state index contributed by atoms with van der Waals surface area (Å²) in [5.74, 6) is 0.497. The minimum absolute atomic E-state index is 0.102. The highest BCUT2D eigenvalue weighted by atomic mass is 32.1. The number of carbonyl (C=O) groups excluding carboxylic acids is 1. The van der Waals surface area contributed by atoms with Gasteiger partial charge in [-0.05, 0) is 30.7 Å². The highest BCUT2D eigenvalue weighted by Gasteiger charge is 2.04. The van der Waals surface area contributed by atoms with Crippen LogP contribution < -0.4 is 5.32 Å². The lowest BCUT2D eigenvalue weighted by Gasteiger charge is -2.02. The lowest BCUT2D eigenvalue weighted by molar-refractivity contribution is -0.114. The molecule has 2 aromatic rings. The molecule has 19 heavy (non-hydrogen) atoms. The third-order valence-corrected chi connectivity index (χ3v) is 3.57. The predicted octanol–water partition coefficient (Wildman–Crippen LogP) is 4.36. The van der Waals surface area contributed by atoms with Crippen molar-refractivity contribution in [3.05, 3.63) is 35.2 Å². The van der Waals surface area contributed by atoms with E-state index in [0.717, 1.165) is 17.0 Å². The van der Waals surface area contributed by atoms with Gasteiger partial charge in [-0.25, -0.2) is 4.98 Å². The monoisotopic (exact) mass is 276 g/mol. The average Bonchev–Trinajstić information content (AvgIpc) is 2.89. The van der Waals surface area contributed by atoms with Crippen LogP contribution in [0, 0.1) is 0 Å². The van der Waals surface area contributed by atoms with E-state index in [9.17, 15) is 4.79 Å². The van der Waals surface area contributed by atoms with Crippen LogP contribution in [0.5, 0.6) is 0 Å². The summed E-state index contributed by atoms with van der Waals surface area (Å²) >= 11 is 1.74. The summed E-state index contributed by atoms with van der Waals surface area (Å²) in [7, 11) is 0. The number of thiophene rings is 1. The molecule has 0 aliphatic carbocycles. The van der Waals surface area contributed by atoms with Gasteiger partial charge in [0.05, 0.1) is 10.6 Å². The Morgan fingerprint density at radius 1 is 1.26 bits per heavy atom. The molecule has 2 heterocycles. The molecule has 0 aliphatic rings. The predicted molar refractivity (Wildman–Crippen MR) is 82.6 cm³/mol. The molecule has 0 radical (unpaired) electrons. The fourth-order valence-corrected chi connectivity index (χ4v) is 2.44. The summed E-state index contributed by atoms with van der Waals surface area (Å²) in [6.45, 7) is 7.62. The van der Waals surface area contributed by atoms with Gasteiger partial charge in [0.25, 0.3) is 0 Å². The minimum Gasteiger partial charge on any atom is -0.311 e. The van der Waals surface area contributed by atoms with Gasteiger partial charge in [-0.3, -0.25) is 4.79 Å².